The van der Waals surface area contributed by atoms with Crippen LogP contribution in [-0.4, -0.2) is 18.4 Å². The summed E-state index contributed by atoms with van der Waals surface area (Å²) in [4.78, 5) is 27.7. The van der Waals surface area contributed by atoms with Crippen LogP contribution in [0.4, 0.5) is 11.4 Å². The lowest BCUT2D eigenvalue weighted by molar-refractivity contribution is -0.126. The molecule has 0 atom stereocenters. The summed E-state index contributed by atoms with van der Waals surface area (Å²) in [5.74, 6) is 0.170. The van der Waals surface area contributed by atoms with Crippen molar-refractivity contribution >= 4 is 34.8 Å². The number of benzene rings is 2. The van der Waals surface area contributed by atoms with Crippen molar-refractivity contribution in [3.05, 3.63) is 59.1 Å². The Morgan fingerprint density at radius 3 is 2.39 bits per heavy atom. The number of rotatable bonds is 3. The van der Waals surface area contributed by atoms with Gasteiger partial charge in [-0.3, -0.25) is 9.59 Å². The molecule has 1 N–H and O–H groups in total. The van der Waals surface area contributed by atoms with E-state index in [1.54, 1.807) is 6.07 Å². The van der Waals surface area contributed by atoms with Crippen molar-refractivity contribution in [2.24, 2.45) is 11.8 Å². The van der Waals surface area contributed by atoms with Crippen molar-refractivity contribution in [3.8, 4) is 0 Å². The number of hydrogen-bond donors (Lipinski definition) is 1. The minimum absolute atomic E-state index is 0.00215. The molecule has 2 aromatic carbocycles. The first-order chi connectivity index (χ1) is 13.6. The van der Waals surface area contributed by atoms with Crippen molar-refractivity contribution in [1.82, 2.24) is 0 Å². The van der Waals surface area contributed by atoms with E-state index >= 15 is 0 Å². The minimum atomic E-state index is -0.0611. The van der Waals surface area contributed by atoms with Gasteiger partial charge in [0.15, 0.2) is 0 Å². The number of fused-ring (bicyclic) bond motifs is 1. The van der Waals surface area contributed by atoms with Crippen LogP contribution in [0, 0.1) is 11.8 Å². The van der Waals surface area contributed by atoms with Gasteiger partial charge in [-0.1, -0.05) is 41.9 Å². The highest BCUT2D eigenvalue weighted by Gasteiger charge is 2.34. The molecule has 1 heterocycles. The smallest absolute Gasteiger partial charge is 0.230 e. The van der Waals surface area contributed by atoms with Crippen LogP contribution in [0.2, 0.25) is 5.02 Å². The number of nitrogens with zero attached hydrogens (tertiary/aromatic N) is 1. The Bertz CT molecular complexity index is 874. The highest BCUT2D eigenvalue weighted by atomic mass is 35.5. The predicted molar refractivity (Wildman–Crippen MR) is 113 cm³/mol. The molecular weight excluding hydrogens is 372 g/mol. The number of carbonyl (C=O) groups excluding carboxylic acids is 2. The van der Waals surface area contributed by atoms with Crippen LogP contribution in [-0.2, 0) is 16.0 Å². The molecule has 2 aromatic rings. The molecule has 2 amide bonds. The fourth-order valence-corrected chi connectivity index (χ4v) is 4.57. The molecule has 0 spiro atoms. The highest BCUT2D eigenvalue weighted by Crippen LogP contribution is 2.34. The summed E-state index contributed by atoms with van der Waals surface area (Å²) >= 11 is 6.13. The fourth-order valence-electron chi connectivity index (χ4n) is 4.38. The second-order valence-electron chi connectivity index (χ2n) is 7.74. The van der Waals surface area contributed by atoms with Crippen LogP contribution in [0.25, 0.3) is 0 Å². The molecule has 146 valence electrons. The van der Waals surface area contributed by atoms with Gasteiger partial charge in [-0.15, -0.1) is 0 Å². The lowest BCUT2D eigenvalue weighted by Crippen LogP contribution is -2.41. The highest BCUT2D eigenvalue weighted by molar-refractivity contribution is 6.33. The van der Waals surface area contributed by atoms with Crippen molar-refractivity contribution < 1.29 is 9.59 Å². The SMILES string of the molecule is O=C(Nc1ccccc1Cl)C1CCC(C(=O)N2CCCc3ccccc32)CC1. The third-order valence-electron chi connectivity index (χ3n) is 5.96. The zero-order valence-corrected chi connectivity index (χ0v) is 16.6. The second-order valence-corrected chi connectivity index (χ2v) is 8.15. The van der Waals surface area contributed by atoms with E-state index in [-0.39, 0.29) is 23.7 Å². The molecule has 0 bridgehead atoms. The second kappa shape index (κ2) is 8.36. The molecule has 0 unspecified atom stereocenters. The topological polar surface area (TPSA) is 49.4 Å². The third kappa shape index (κ3) is 3.93. The van der Waals surface area contributed by atoms with Crippen LogP contribution in [0.3, 0.4) is 0 Å². The van der Waals surface area contributed by atoms with E-state index in [0.717, 1.165) is 50.8 Å². The lowest BCUT2D eigenvalue weighted by Gasteiger charge is -2.35. The summed E-state index contributed by atoms with van der Waals surface area (Å²) in [6.45, 7) is 0.794. The van der Waals surface area contributed by atoms with Crippen LogP contribution >= 0.6 is 11.6 Å². The van der Waals surface area contributed by atoms with E-state index in [2.05, 4.69) is 17.4 Å². The Balaban J connectivity index is 1.36. The maximum Gasteiger partial charge on any atom is 0.230 e. The molecule has 1 aliphatic heterocycles. The molecule has 1 aliphatic carbocycles. The van der Waals surface area contributed by atoms with E-state index in [1.165, 1.54) is 5.56 Å². The van der Waals surface area contributed by atoms with Gasteiger partial charge in [-0.05, 0) is 62.3 Å². The average molecular weight is 397 g/mol. The van der Waals surface area contributed by atoms with Crippen LogP contribution in [0.15, 0.2) is 48.5 Å². The van der Waals surface area contributed by atoms with Gasteiger partial charge < -0.3 is 10.2 Å². The Labute approximate surface area is 170 Å². The third-order valence-corrected chi connectivity index (χ3v) is 6.28. The molecule has 0 radical (unpaired) electrons. The van der Waals surface area contributed by atoms with Gasteiger partial charge in [-0.2, -0.15) is 0 Å². The van der Waals surface area contributed by atoms with Gasteiger partial charge in [0.25, 0.3) is 0 Å². The summed E-state index contributed by atoms with van der Waals surface area (Å²) < 4.78 is 0. The standard InChI is InChI=1S/C23H25ClN2O2/c24-19-8-2-3-9-20(19)25-22(27)17-11-13-18(14-12-17)23(28)26-15-5-7-16-6-1-4-10-21(16)26/h1-4,6,8-10,17-18H,5,7,11-15H2,(H,25,27). The first-order valence-electron chi connectivity index (χ1n) is 10.1. The molecule has 2 aliphatic rings. The normalized spacial score (nSPS) is 21.7. The molecule has 0 aromatic heterocycles. The maximum absolute atomic E-state index is 13.1. The maximum atomic E-state index is 13.1. The van der Waals surface area contributed by atoms with Crippen molar-refractivity contribution in [2.75, 3.05) is 16.8 Å². The predicted octanol–water partition coefficient (Wildman–Crippen LogP) is 5.06. The van der Waals surface area contributed by atoms with E-state index in [4.69, 9.17) is 11.6 Å². The number of amides is 2. The Kier molecular flexibility index (Phi) is 5.67. The first kappa shape index (κ1) is 19.0. The summed E-state index contributed by atoms with van der Waals surface area (Å²) in [7, 11) is 0. The summed E-state index contributed by atoms with van der Waals surface area (Å²) in [6.07, 6.45) is 5.05. The zero-order chi connectivity index (χ0) is 19.5. The van der Waals surface area contributed by atoms with Crippen molar-refractivity contribution in [2.45, 2.75) is 38.5 Å². The fraction of sp³-hybridized carbons (Fsp3) is 0.391. The molecule has 1 saturated carbocycles. The zero-order valence-electron chi connectivity index (χ0n) is 15.9. The Morgan fingerprint density at radius 1 is 0.929 bits per heavy atom. The van der Waals surface area contributed by atoms with E-state index in [1.807, 2.05) is 35.2 Å². The number of anilines is 2. The van der Waals surface area contributed by atoms with Crippen molar-refractivity contribution in [1.29, 1.82) is 0 Å². The summed E-state index contributed by atoms with van der Waals surface area (Å²) in [5.41, 5.74) is 2.98. The van der Waals surface area contributed by atoms with E-state index < -0.39 is 0 Å². The number of para-hydroxylation sites is 2. The molecule has 0 saturated heterocycles. The van der Waals surface area contributed by atoms with Gasteiger partial charge in [-0.25, -0.2) is 0 Å². The largest absolute Gasteiger partial charge is 0.325 e. The molecule has 5 heteroatoms. The number of carbonyl (C=O) groups is 2. The Hall–Kier alpha value is -2.33. The number of halogens is 1. The monoisotopic (exact) mass is 396 g/mol. The lowest BCUT2D eigenvalue weighted by atomic mass is 9.80. The van der Waals surface area contributed by atoms with Gasteiger partial charge in [0.2, 0.25) is 11.8 Å². The first-order valence-corrected chi connectivity index (χ1v) is 10.5. The summed E-state index contributed by atoms with van der Waals surface area (Å²) in [5, 5.41) is 3.48. The van der Waals surface area contributed by atoms with Gasteiger partial charge in [0.1, 0.15) is 0 Å². The van der Waals surface area contributed by atoms with Crippen LogP contribution in [0.1, 0.15) is 37.7 Å². The quantitative estimate of drug-likeness (QED) is 0.787. The van der Waals surface area contributed by atoms with E-state index in [9.17, 15) is 9.59 Å². The molecule has 28 heavy (non-hydrogen) atoms. The van der Waals surface area contributed by atoms with Gasteiger partial charge in [0.05, 0.1) is 10.7 Å². The molecule has 4 nitrogen and oxygen atoms in total. The number of hydrogen-bond acceptors (Lipinski definition) is 2. The van der Waals surface area contributed by atoms with Crippen LogP contribution in [0.5, 0.6) is 0 Å². The van der Waals surface area contributed by atoms with E-state index in [0.29, 0.717) is 10.7 Å². The van der Waals surface area contributed by atoms with Crippen molar-refractivity contribution in [3.63, 3.8) is 0 Å². The molecule has 1 fully saturated rings. The number of nitrogens with one attached hydrogen (secondary N) is 1. The average Bonchev–Trinajstić information content (AvgIpc) is 2.74. The minimum Gasteiger partial charge on any atom is -0.325 e. The summed E-state index contributed by atoms with van der Waals surface area (Å²) in [6, 6.07) is 15.5. The molecular formula is C23H25ClN2O2. The Morgan fingerprint density at radius 2 is 1.61 bits per heavy atom. The number of aryl methyl sites for hydroxylation is 1. The van der Waals surface area contributed by atoms with Gasteiger partial charge >= 0.3 is 0 Å². The van der Waals surface area contributed by atoms with Crippen LogP contribution < -0.4 is 10.2 Å². The molecule has 4 rings (SSSR count). The van der Waals surface area contributed by atoms with Gasteiger partial charge in [0, 0.05) is 24.1 Å².